The van der Waals surface area contributed by atoms with Crippen LogP contribution in [0.4, 0.5) is 0 Å². The lowest BCUT2D eigenvalue weighted by Gasteiger charge is -2.58. The summed E-state index contributed by atoms with van der Waals surface area (Å²) in [6.07, 6.45) is 10.9. The average Bonchev–Trinajstić information content (AvgIpc) is 2.88. The Labute approximate surface area is 146 Å². The zero-order valence-electron chi connectivity index (χ0n) is 15.6. The van der Waals surface area contributed by atoms with Crippen LogP contribution in [0.25, 0.3) is 0 Å². The lowest BCUT2D eigenvalue weighted by Crippen LogP contribution is -2.54. The third kappa shape index (κ3) is 2.01. The maximum absolute atomic E-state index is 11.8. The molecule has 0 aromatic rings. The van der Waals surface area contributed by atoms with E-state index in [9.17, 15) is 4.79 Å². The van der Waals surface area contributed by atoms with Gasteiger partial charge in [0.05, 0.1) is 5.60 Å². The molecule has 0 bridgehead atoms. The molecular weight excluding hydrogens is 296 g/mol. The van der Waals surface area contributed by atoms with Gasteiger partial charge in [0.15, 0.2) is 5.78 Å². The SMILES string of the molecule is C=C1C[C@@]2(CC)[C@@H](CC[C@]2(C)OC)[C@@H]2CCC3=CC(=O)CC[C@@H]3[C@@H]12. The number of ether oxygens (including phenoxy) is 1. The van der Waals surface area contributed by atoms with E-state index in [-0.39, 0.29) is 11.0 Å². The lowest BCUT2D eigenvalue weighted by molar-refractivity contribution is -0.125. The molecule has 0 saturated heterocycles. The van der Waals surface area contributed by atoms with Gasteiger partial charge in [-0.3, -0.25) is 4.79 Å². The monoisotopic (exact) mass is 328 g/mol. The Kier molecular flexibility index (Phi) is 3.84. The number of methoxy groups -OCH3 is 1. The second-order valence-electron chi connectivity index (χ2n) is 8.98. The van der Waals surface area contributed by atoms with E-state index in [0.717, 1.165) is 37.5 Å². The van der Waals surface area contributed by atoms with Crippen molar-refractivity contribution in [2.45, 2.75) is 70.8 Å². The number of ketones is 1. The van der Waals surface area contributed by atoms with E-state index in [1.54, 1.807) is 0 Å². The van der Waals surface area contributed by atoms with Crippen molar-refractivity contribution in [1.82, 2.24) is 0 Å². The molecule has 0 aromatic carbocycles. The van der Waals surface area contributed by atoms with Gasteiger partial charge in [0, 0.05) is 18.9 Å². The van der Waals surface area contributed by atoms with Crippen LogP contribution in [0, 0.1) is 29.1 Å². The third-order valence-electron chi connectivity index (χ3n) is 8.49. The fourth-order valence-corrected chi connectivity index (χ4v) is 7.27. The molecule has 0 radical (unpaired) electrons. The Morgan fingerprint density at radius 1 is 1.29 bits per heavy atom. The summed E-state index contributed by atoms with van der Waals surface area (Å²) in [6, 6.07) is 0. The van der Waals surface area contributed by atoms with Crippen molar-refractivity contribution in [2.75, 3.05) is 7.11 Å². The number of hydrogen-bond donors (Lipinski definition) is 0. The van der Waals surface area contributed by atoms with Crippen LogP contribution in [0.1, 0.15) is 65.2 Å². The normalized spacial score (nSPS) is 47.7. The zero-order chi connectivity index (χ0) is 17.1. The minimum absolute atomic E-state index is 0.00102. The van der Waals surface area contributed by atoms with E-state index >= 15 is 0 Å². The summed E-state index contributed by atoms with van der Waals surface area (Å²) in [5.41, 5.74) is 3.16. The molecule has 0 spiro atoms. The largest absolute Gasteiger partial charge is 0.378 e. The van der Waals surface area contributed by atoms with Gasteiger partial charge in [0.25, 0.3) is 0 Å². The topological polar surface area (TPSA) is 26.3 Å². The Morgan fingerprint density at radius 3 is 2.79 bits per heavy atom. The Hall–Kier alpha value is -0.890. The summed E-state index contributed by atoms with van der Waals surface area (Å²) >= 11 is 0. The van der Waals surface area contributed by atoms with Crippen molar-refractivity contribution >= 4 is 5.78 Å². The highest BCUT2D eigenvalue weighted by molar-refractivity contribution is 5.91. The summed E-state index contributed by atoms with van der Waals surface area (Å²) in [5.74, 6) is 3.07. The molecule has 2 nitrogen and oxygen atoms in total. The Balaban J connectivity index is 1.72. The van der Waals surface area contributed by atoms with E-state index in [1.165, 1.54) is 36.8 Å². The van der Waals surface area contributed by atoms with Crippen molar-refractivity contribution in [3.63, 3.8) is 0 Å². The van der Waals surface area contributed by atoms with Crippen molar-refractivity contribution < 1.29 is 9.53 Å². The molecule has 132 valence electrons. The van der Waals surface area contributed by atoms with E-state index < -0.39 is 0 Å². The molecule has 2 heteroatoms. The molecule has 0 unspecified atom stereocenters. The van der Waals surface area contributed by atoms with Crippen LogP contribution in [0.5, 0.6) is 0 Å². The van der Waals surface area contributed by atoms with Crippen molar-refractivity contribution in [1.29, 1.82) is 0 Å². The quantitative estimate of drug-likeness (QED) is 0.660. The number of fused-ring (bicyclic) bond motifs is 5. The van der Waals surface area contributed by atoms with Crippen molar-refractivity contribution in [3.8, 4) is 0 Å². The molecule has 24 heavy (non-hydrogen) atoms. The third-order valence-corrected chi connectivity index (χ3v) is 8.49. The molecule has 0 heterocycles. The minimum atomic E-state index is -0.00102. The first-order valence-corrected chi connectivity index (χ1v) is 9.92. The molecule has 6 atom stereocenters. The van der Waals surface area contributed by atoms with E-state index in [1.807, 2.05) is 13.2 Å². The summed E-state index contributed by atoms with van der Waals surface area (Å²) in [4.78, 5) is 11.8. The maximum atomic E-state index is 11.8. The fraction of sp³-hybridized carbons (Fsp3) is 0.773. The molecule has 4 aliphatic rings. The number of hydrogen-bond acceptors (Lipinski definition) is 2. The highest BCUT2D eigenvalue weighted by Gasteiger charge is 2.63. The fourth-order valence-electron chi connectivity index (χ4n) is 7.27. The molecule has 4 aliphatic carbocycles. The van der Waals surface area contributed by atoms with Gasteiger partial charge in [-0.05, 0) is 81.6 Å². The number of carbonyl (C=O) groups is 1. The highest BCUT2D eigenvalue weighted by atomic mass is 16.5. The first-order chi connectivity index (χ1) is 11.5. The average molecular weight is 328 g/mol. The van der Waals surface area contributed by atoms with Gasteiger partial charge in [-0.15, -0.1) is 0 Å². The summed E-state index contributed by atoms with van der Waals surface area (Å²) in [7, 11) is 1.91. The highest BCUT2D eigenvalue weighted by Crippen LogP contribution is 2.67. The zero-order valence-corrected chi connectivity index (χ0v) is 15.6. The van der Waals surface area contributed by atoms with E-state index in [0.29, 0.717) is 17.6 Å². The molecule has 4 rings (SSSR count). The molecular formula is C22H32O2. The van der Waals surface area contributed by atoms with Crippen LogP contribution < -0.4 is 0 Å². The van der Waals surface area contributed by atoms with Crippen LogP contribution >= 0.6 is 0 Å². The predicted octanol–water partition coefficient (Wildman–Crippen LogP) is 5.09. The van der Waals surface area contributed by atoms with E-state index in [2.05, 4.69) is 20.4 Å². The lowest BCUT2D eigenvalue weighted by atomic mass is 9.48. The van der Waals surface area contributed by atoms with Gasteiger partial charge < -0.3 is 4.74 Å². The van der Waals surface area contributed by atoms with Gasteiger partial charge in [0.2, 0.25) is 0 Å². The van der Waals surface area contributed by atoms with Gasteiger partial charge in [-0.2, -0.15) is 0 Å². The summed E-state index contributed by atoms with van der Waals surface area (Å²) < 4.78 is 6.11. The second-order valence-corrected chi connectivity index (χ2v) is 8.98. The van der Waals surface area contributed by atoms with Gasteiger partial charge in [-0.1, -0.05) is 24.6 Å². The number of allylic oxidation sites excluding steroid dienone is 2. The minimum Gasteiger partial charge on any atom is -0.378 e. The smallest absolute Gasteiger partial charge is 0.155 e. The first kappa shape index (κ1) is 16.6. The van der Waals surface area contributed by atoms with Crippen LogP contribution in [0.2, 0.25) is 0 Å². The van der Waals surface area contributed by atoms with Crippen LogP contribution in [-0.4, -0.2) is 18.5 Å². The predicted molar refractivity (Wildman–Crippen MR) is 96.6 cm³/mol. The van der Waals surface area contributed by atoms with Gasteiger partial charge in [-0.25, -0.2) is 0 Å². The number of rotatable bonds is 2. The molecule has 0 amide bonds. The first-order valence-electron chi connectivity index (χ1n) is 9.92. The molecule has 0 N–H and O–H groups in total. The molecule has 0 aliphatic heterocycles. The second kappa shape index (κ2) is 5.56. The van der Waals surface area contributed by atoms with Crippen LogP contribution in [0.3, 0.4) is 0 Å². The number of carbonyl (C=O) groups excluding carboxylic acids is 1. The Bertz CT molecular complexity index is 603. The van der Waals surface area contributed by atoms with Crippen molar-refractivity contribution in [3.05, 3.63) is 23.8 Å². The van der Waals surface area contributed by atoms with E-state index in [4.69, 9.17) is 4.74 Å². The maximum Gasteiger partial charge on any atom is 0.155 e. The summed E-state index contributed by atoms with van der Waals surface area (Å²) in [5, 5.41) is 0. The van der Waals surface area contributed by atoms with Gasteiger partial charge in [0.1, 0.15) is 0 Å². The van der Waals surface area contributed by atoms with Crippen LogP contribution in [-0.2, 0) is 9.53 Å². The molecule has 3 fully saturated rings. The van der Waals surface area contributed by atoms with Crippen LogP contribution in [0.15, 0.2) is 23.8 Å². The molecule has 3 saturated carbocycles. The summed E-state index contributed by atoms with van der Waals surface area (Å²) in [6.45, 7) is 9.30. The van der Waals surface area contributed by atoms with Gasteiger partial charge >= 0.3 is 0 Å². The van der Waals surface area contributed by atoms with Crippen molar-refractivity contribution in [2.24, 2.45) is 29.1 Å². The Morgan fingerprint density at radius 2 is 2.08 bits per heavy atom. The molecule has 0 aromatic heterocycles. The standard InChI is InChI=1S/C22H32O2/c1-5-22-13-14(2)20-17-9-7-16(23)12-15(17)6-8-18(20)19(22)10-11-21(22,3)24-4/h12,17-20H,2,5-11,13H2,1,3-4H3/t17-,18-,19-,20+,21-,22-/m0/s1.